The number of carbonyl (C=O) groups excluding carboxylic acids is 1. The van der Waals surface area contributed by atoms with Gasteiger partial charge in [-0.15, -0.1) is 0 Å². The van der Waals surface area contributed by atoms with E-state index in [1.165, 1.54) is 12.1 Å². The topological polar surface area (TPSA) is 79.3 Å². The second-order valence-corrected chi connectivity index (χ2v) is 9.29. The van der Waals surface area contributed by atoms with Crippen LogP contribution in [0.4, 0.5) is 0 Å². The second kappa shape index (κ2) is 10.2. The molecule has 0 saturated heterocycles. The van der Waals surface area contributed by atoms with Crippen LogP contribution in [0.2, 0.25) is 0 Å². The summed E-state index contributed by atoms with van der Waals surface area (Å²) in [6, 6.07) is 16.6. The third-order valence-electron chi connectivity index (χ3n) is 6.34. The van der Waals surface area contributed by atoms with Gasteiger partial charge in [0, 0.05) is 66.9 Å². The Morgan fingerprint density at radius 3 is 2.88 bits per heavy atom. The van der Waals surface area contributed by atoms with Gasteiger partial charge in [-0.05, 0) is 36.8 Å². The average Bonchev–Trinajstić information content (AvgIpc) is 3.17. The zero-order valence-corrected chi connectivity index (χ0v) is 19.7. The van der Waals surface area contributed by atoms with Gasteiger partial charge in [0.15, 0.2) is 0 Å². The van der Waals surface area contributed by atoms with E-state index in [0.717, 1.165) is 73.5 Å². The molecule has 2 aromatic carbocycles. The van der Waals surface area contributed by atoms with Crippen molar-refractivity contribution in [1.29, 1.82) is 0 Å². The van der Waals surface area contributed by atoms with Gasteiger partial charge in [-0.1, -0.05) is 31.5 Å². The second-order valence-electron chi connectivity index (χ2n) is 8.59. The fraction of sp³-hybridized carbons (Fsp3) is 0.400. The van der Waals surface area contributed by atoms with Crippen LogP contribution >= 0.6 is 12.1 Å². The maximum absolute atomic E-state index is 12.8. The number of fused-ring (bicyclic) bond motifs is 4. The highest BCUT2D eigenvalue weighted by atomic mass is 32.2. The van der Waals surface area contributed by atoms with Crippen LogP contribution in [-0.2, 0) is 6.54 Å². The van der Waals surface area contributed by atoms with E-state index in [2.05, 4.69) is 55.8 Å². The molecule has 2 aliphatic heterocycles. The summed E-state index contributed by atoms with van der Waals surface area (Å²) in [5, 5.41) is 8.34. The normalized spacial score (nSPS) is 21.8. The van der Waals surface area contributed by atoms with Crippen molar-refractivity contribution in [3.63, 3.8) is 0 Å². The van der Waals surface area contributed by atoms with Crippen LogP contribution in [-0.4, -0.2) is 48.8 Å². The molecule has 2 atom stereocenters. The number of ether oxygens (including phenoxy) is 1. The van der Waals surface area contributed by atoms with Crippen molar-refractivity contribution in [2.75, 3.05) is 26.2 Å². The van der Waals surface area contributed by atoms with Gasteiger partial charge in [0.25, 0.3) is 5.91 Å². The van der Waals surface area contributed by atoms with Crippen molar-refractivity contribution in [2.24, 2.45) is 0 Å². The van der Waals surface area contributed by atoms with Crippen LogP contribution in [0.3, 0.4) is 0 Å². The summed E-state index contributed by atoms with van der Waals surface area (Å²) in [6.45, 7) is 6.30. The van der Waals surface area contributed by atoms with Gasteiger partial charge >= 0.3 is 0 Å². The van der Waals surface area contributed by atoms with Crippen LogP contribution in [0.1, 0.15) is 30.1 Å². The predicted octanol–water partition coefficient (Wildman–Crippen LogP) is 3.31. The standard InChI is InChI=1S/C25H31N5O2S/c1-2-5-24-20-16-30-21-15-18(25(31)29-33-28-13-11-26-10-12-27-20)9-8-17(21)14-22(30)19-6-3-4-7-23(19)32-24/h3-4,6-9,14-15,20,24,26-28H,2,5,10-13,16H2,1H3,(H,29,31). The van der Waals surface area contributed by atoms with Crippen molar-refractivity contribution in [1.82, 2.24) is 24.6 Å². The van der Waals surface area contributed by atoms with Gasteiger partial charge in [-0.2, -0.15) is 0 Å². The van der Waals surface area contributed by atoms with Crippen molar-refractivity contribution in [3.8, 4) is 17.0 Å². The molecule has 1 aromatic heterocycles. The minimum atomic E-state index is -0.0990. The Hall–Kier alpha value is -2.52. The van der Waals surface area contributed by atoms with E-state index in [9.17, 15) is 4.79 Å². The smallest absolute Gasteiger partial charge is 0.262 e. The Kier molecular flexibility index (Phi) is 6.87. The Bertz CT molecular complexity index is 1130. The van der Waals surface area contributed by atoms with Crippen molar-refractivity contribution >= 4 is 28.9 Å². The molecule has 7 nitrogen and oxygen atoms in total. The summed E-state index contributed by atoms with van der Waals surface area (Å²) < 4.78 is 15.1. The molecule has 3 heterocycles. The molecule has 0 saturated carbocycles. The first-order valence-electron chi connectivity index (χ1n) is 11.8. The highest BCUT2D eigenvalue weighted by Crippen LogP contribution is 2.37. The molecular weight excluding hydrogens is 434 g/mol. The Balaban J connectivity index is 1.64. The van der Waals surface area contributed by atoms with E-state index in [4.69, 9.17) is 4.74 Å². The number of amides is 1. The van der Waals surface area contributed by atoms with E-state index < -0.39 is 0 Å². The molecule has 0 aliphatic carbocycles. The number of nitrogens with zero attached hydrogens (tertiary/aromatic N) is 1. The van der Waals surface area contributed by atoms with E-state index in [-0.39, 0.29) is 18.1 Å². The molecule has 174 valence electrons. The molecule has 2 aliphatic rings. The Morgan fingerprint density at radius 1 is 1.09 bits per heavy atom. The zero-order valence-electron chi connectivity index (χ0n) is 18.9. The van der Waals surface area contributed by atoms with Gasteiger partial charge in [-0.3, -0.25) is 9.52 Å². The van der Waals surface area contributed by atoms with E-state index in [0.29, 0.717) is 5.56 Å². The summed E-state index contributed by atoms with van der Waals surface area (Å²) in [5.74, 6) is 0.817. The van der Waals surface area contributed by atoms with Gasteiger partial charge in [-0.25, -0.2) is 4.72 Å². The molecule has 0 radical (unpaired) electrons. The number of hydrogen-bond acceptors (Lipinski definition) is 6. The molecule has 33 heavy (non-hydrogen) atoms. The Morgan fingerprint density at radius 2 is 1.97 bits per heavy atom. The fourth-order valence-corrected chi connectivity index (χ4v) is 5.19. The number of hydrogen-bond donors (Lipinski definition) is 4. The molecule has 8 heteroatoms. The van der Waals surface area contributed by atoms with Crippen LogP contribution < -0.4 is 24.8 Å². The molecule has 1 amide bonds. The minimum absolute atomic E-state index is 0.0604. The fourth-order valence-electron chi connectivity index (χ4n) is 4.70. The maximum Gasteiger partial charge on any atom is 0.262 e. The molecule has 0 spiro atoms. The summed E-state index contributed by atoms with van der Waals surface area (Å²) in [7, 11) is 0. The lowest BCUT2D eigenvalue weighted by Gasteiger charge is -2.33. The summed E-state index contributed by atoms with van der Waals surface area (Å²) in [6.07, 6.45) is 2.09. The lowest BCUT2D eigenvalue weighted by atomic mass is 10.0. The van der Waals surface area contributed by atoms with Crippen molar-refractivity contribution in [3.05, 3.63) is 54.1 Å². The largest absolute Gasteiger partial charge is 0.488 e. The molecule has 4 bridgehead atoms. The SMILES string of the molecule is CCCC1Oc2ccccc2-c2cc3ccc4cc3n2CC1NCCNCCNSNC4=O. The number of rotatable bonds is 2. The minimum Gasteiger partial charge on any atom is -0.488 e. The van der Waals surface area contributed by atoms with Gasteiger partial charge < -0.3 is 19.9 Å². The molecule has 2 unspecified atom stereocenters. The van der Waals surface area contributed by atoms with Crippen LogP contribution in [0.5, 0.6) is 5.75 Å². The van der Waals surface area contributed by atoms with Crippen molar-refractivity contribution < 1.29 is 9.53 Å². The highest BCUT2D eigenvalue weighted by molar-refractivity contribution is 7.96. The first kappa shape index (κ1) is 22.3. The average molecular weight is 466 g/mol. The monoisotopic (exact) mass is 465 g/mol. The predicted molar refractivity (Wildman–Crippen MR) is 134 cm³/mol. The summed E-state index contributed by atoms with van der Waals surface area (Å²) in [5.41, 5.74) is 3.94. The quantitative estimate of drug-likeness (QED) is 0.435. The third-order valence-corrected chi connectivity index (χ3v) is 6.97. The molecule has 3 aromatic rings. The van der Waals surface area contributed by atoms with Gasteiger partial charge in [0.2, 0.25) is 0 Å². The van der Waals surface area contributed by atoms with Gasteiger partial charge in [0.1, 0.15) is 11.9 Å². The Labute approximate surface area is 198 Å². The van der Waals surface area contributed by atoms with Crippen LogP contribution in [0.25, 0.3) is 22.2 Å². The molecular formula is C25H31N5O2S. The molecule has 4 N–H and O–H groups in total. The van der Waals surface area contributed by atoms with Gasteiger partial charge in [0.05, 0.1) is 11.7 Å². The number of nitrogens with one attached hydrogen (secondary N) is 4. The van der Waals surface area contributed by atoms with Crippen LogP contribution in [0, 0.1) is 0 Å². The zero-order chi connectivity index (χ0) is 22.6. The van der Waals surface area contributed by atoms with E-state index >= 15 is 0 Å². The van der Waals surface area contributed by atoms with Crippen molar-refractivity contribution in [2.45, 2.75) is 38.5 Å². The summed E-state index contributed by atoms with van der Waals surface area (Å²) >= 11 is 1.23. The number of carbonyl (C=O) groups is 1. The lowest BCUT2D eigenvalue weighted by molar-refractivity contribution is 0.0984. The number of para-hydroxylation sites is 1. The number of aromatic nitrogens is 1. The third kappa shape index (κ3) is 4.75. The summed E-state index contributed by atoms with van der Waals surface area (Å²) in [4.78, 5) is 12.8. The lowest BCUT2D eigenvalue weighted by Crippen LogP contribution is -2.48. The first-order chi connectivity index (χ1) is 16.2. The van der Waals surface area contributed by atoms with Crippen LogP contribution in [0.15, 0.2) is 48.5 Å². The highest BCUT2D eigenvalue weighted by Gasteiger charge is 2.29. The molecule has 5 rings (SSSR count). The first-order valence-corrected chi connectivity index (χ1v) is 12.6. The van der Waals surface area contributed by atoms with E-state index in [1.54, 1.807) is 0 Å². The molecule has 0 fully saturated rings. The van der Waals surface area contributed by atoms with E-state index in [1.807, 2.05) is 24.3 Å². The number of benzene rings is 2. The maximum atomic E-state index is 12.8.